The van der Waals surface area contributed by atoms with Gasteiger partial charge in [-0.2, -0.15) is 0 Å². The van der Waals surface area contributed by atoms with Crippen molar-refractivity contribution in [1.82, 2.24) is 4.72 Å². The average Bonchev–Trinajstić information content (AvgIpc) is 2.94. The SMILES string of the molecule is C=CCS(=O)(=O)NC(=O)c1ccc2c(c1)N(C[C@@H]1CC[C@H]1[C@@H](O)/C=C/CCC)CCCCc1cc(Cl)ccc1CO2. The van der Waals surface area contributed by atoms with Crippen LogP contribution >= 0.6 is 11.6 Å². The molecule has 2 aliphatic rings. The average molecular weight is 601 g/mol. The van der Waals surface area contributed by atoms with E-state index in [2.05, 4.69) is 29.2 Å². The van der Waals surface area contributed by atoms with Crippen LogP contribution in [-0.4, -0.2) is 44.4 Å². The molecular formula is C32H41ClN2O5S. The van der Waals surface area contributed by atoms with Gasteiger partial charge in [0.25, 0.3) is 5.91 Å². The van der Waals surface area contributed by atoms with E-state index in [4.69, 9.17) is 16.3 Å². The Bertz CT molecular complexity index is 1360. The van der Waals surface area contributed by atoms with Gasteiger partial charge in [-0.15, -0.1) is 6.58 Å². The maximum absolute atomic E-state index is 13.0. The van der Waals surface area contributed by atoms with E-state index in [-0.39, 0.29) is 23.2 Å². The quantitative estimate of drug-likeness (QED) is 0.322. The lowest BCUT2D eigenvalue weighted by molar-refractivity contribution is 0.0461. The summed E-state index contributed by atoms with van der Waals surface area (Å²) in [7, 11) is -3.83. The maximum atomic E-state index is 13.0. The van der Waals surface area contributed by atoms with E-state index >= 15 is 0 Å². The number of nitrogens with one attached hydrogen (secondary N) is 1. The van der Waals surface area contributed by atoms with Gasteiger partial charge in [-0.3, -0.25) is 4.79 Å². The lowest BCUT2D eigenvalue weighted by Gasteiger charge is -2.42. The van der Waals surface area contributed by atoms with Crippen molar-refractivity contribution in [3.63, 3.8) is 0 Å². The molecule has 1 heterocycles. The topological polar surface area (TPSA) is 95.9 Å². The van der Waals surface area contributed by atoms with Gasteiger partial charge in [0.15, 0.2) is 0 Å². The van der Waals surface area contributed by atoms with Crippen molar-refractivity contribution >= 4 is 33.2 Å². The van der Waals surface area contributed by atoms with Crippen LogP contribution in [0.2, 0.25) is 5.02 Å². The molecule has 1 saturated carbocycles. The van der Waals surface area contributed by atoms with Crippen molar-refractivity contribution in [2.75, 3.05) is 23.7 Å². The Morgan fingerprint density at radius 3 is 2.78 bits per heavy atom. The minimum Gasteiger partial charge on any atom is -0.487 e. The third kappa shape index (κ3) is 8.37. The number of allylic oxidation sites excluding steroid dienone is 1. The molecule has 1 aliphatic carbocycles. The molecule has 2 N–H and O–H groups in total. The molecule has 41 heavy (non-hydrogen) atoms. The number of benzene rings is 2. The number of hydrogen-bond donors (Lipinski definition) is 2. The van der Waals surface area contributed by atoms with Crippen molar-refractivity contribution in [1.29, 1.82) is 0 Å². The molecule has 0 bridgehead atoms. The Morgan fingerprint density at radius 1 is 1.22 bits per heavy atom. The Hall–Kier alpha value is -2.81. The number of anilines is 1. The Balaban J connectivity index is 1.64. The van der Waals surface area contributed by atoms with Gasteiger partial charge in [0, 0.05) is 23.7 Å². The maximum Gasteiger partial charge on any atom is 0.264 e. The van der Waals surface area contributed by atoms with Crippen LogP contribution in [0.3, 0.4) is 0 Å². The molecule has 0 spiro atoms. The van der Waals surface area contributed by atoms with Gasteiger partial charge in [0.1, 0.15) is 12.4 Å². The summed E-state index contributed by atoms with van der Waals surface area (Å²) in [6.45, 7) is 7.36. The Morgan fingerprint density at radius 2 is 2.05 bits per heavy atom. The number of hydrogen-bond acceptors (Lipinski definition) is 6. The molecule has 3 atom stereocenters. The molecule has 1 aliphatic heterocycles. The summed E-state index contributed by atoms with van der Waals surface area (Å²) in [5.41, 5.74) is 3.21. The number of aryl methyl sites for hydroxylation is 1. The van der Waals surface area contributed by atoms with Gasteiger partial charge in [-0.1, -0.05) is 49.2 Å². The number of fused-ring (bicyclic) bond motifs is 2. The molecule has 4 rings (SSSR count). The molecule has 0 unspecified atom stereocenters. The molecule has 1 amide bonds. The minimum atomic E-state index is -3.83. The normalized spacial score (nSPS) is 20.1. The van der Waals surface area contributed by atoms with E-state index in [1.54, 1.807) is 18.2 Å². The van der Waals surface area contributed by atoms with Crippen LogP contribution in [0, 0.1) is 11.8 Å². The van der Waals surface area contributed by atoms with Crippen LogP contribution in [0.4, 0.5) is 5.69 Å². The first-order chi connectivity index (χ1) is 19.7. The van der Waals surface area contributed by atoms with Crippen LogP contribution in [0.1, 0.15) is 66.9 Å². The Labute approximate surface area is 249 Å². The summed E-state index contributed by atoms with van der Waals surface area (Å²) < 4.78 is 33.0. The number of nitrogens with zero attached hydrogens (tertiary/aromatic N) is 1. The number of carbonyl (C=O) groups excluding carboxylic acids is 1. The number of halogens is 1. The van der Waals surface area contributed by atoms with Crippen molar-refractivity contribution in [2.45, 2.75) is 64.6 Å². The summed E-state index contributed by atoms with van der Waals surface area (Å²) in [6.07, 6.45) is 11.5. The van der Waals surface area contributed by atoms with Gasteiger partial charge in [0.05, 0.1) is 17.5 Å². The van der Waals surface area contributed by atoms with Gasteiger partial charge in [-0.25, -0.2) is 13.1 Å². The van der Waals surface area contributed by atoms with Crippen molar-refractivity contribution in [2.24, 2.45) is 11.8 Å². The zero-order valence-corrected chi connectivity index (χ0v) is 25.3. The molecule has 0 aromatic heterocycles. The molecular weight excluding hydrogens is 560 g/mol. The van der Waals surface area contributed by atoms with E-state index in [1.807, 2.05) is 24.3 Å². The third-order valence-electron chi connectivity index (χ3n) is 7.98. The zero-order chi connectivity index (χ0) is 29.4. The fraction of sp³-hybridized carbons (Fsp3) is 0.469. The fourth-order valence-electron chi connectivity index (χ4n) is 5.58. The standard InChI is InChI=1S/C32H41ClN2O5S/c1-3-5-6-10-30(36)28-15-12-25(28)21-35-17-8-7-9-23-19-27(33)14-11-26(23)22-40-31-16-13-24(20-29(31)35)32(37)34-41(38,39)18-4-2/h4,6,10-11,13-14,16,19-20,25,28,30,36H,2-3,5,7-9,12,15,17-18,21-22H2,1H3,(H,34,37)/b10-6+/t25-,28+,30-/m0/s1. The van der Waals surface area contributed by atoms with E-state index in [0.29, 0.717) is 23.9 Å². The van der Waals surface area contributed by atoms with Crippen LogP contribution in [0.5, 0.6) is 5.75 Å². The molecule has 2 aromatic carbocycles. The van der Waals surface area contributed by atoms with Crippen LogP contribution in [0.15, 0.2) is 61.2 Å². The first-order valence-corrected chi connectivity index (χ1v) is 16.5. The number of aliphatic hydroxyl groups is 1. The number of rotatable bonds is 10. The van der Waals surface area contributed by atoms with Crippen molar-refractivity contribution in [3.8, 4) is 5.75 Å². The molecule has 9 heteroatoms. The molecule has 0 saturated heterocycles. The molecule has 1 fully saturated rings. The second-order valence-electron chi connectivity index (χ2n) is 11.0. The van der Waals surface area contributed by atoms with E-state index < -0.39 is 22.0 Å². The Kier molecular flexibility index (Phi) is 10.9. The van der Waals surface area contributed by atoms with Crippen molar-refractivity contribution < 1.29 is 23.1 Å². The number of carbonyl (C=O) groups is 1. The third-order valence-corrected chi connectivity index (χ3v) is 9.39. The van der Waals surface area contributed by atoms with Crippen LogP contribution < -0.4 is 14.4 Å². The molecule has 7 nitrogen and oxygen atoms in total. The van der Waals surface area contributed by atoms with E-state index in [0.717, 1.165) is 68.3 Å². The number of aliphatic hydroxyl groups excluding tert-OH is 1. The highest BCUT2D eigenvalue weighted by atomic mass is 35.5. The van der Waals surface area contributed by atoms with E-state index in [1.165, 1.54) is 6.08 Å². The van der Waals surface area contributed by atoms with Gasteiger partial charge < -0.3 is 14.7 Å². The number of ether oxygens (including phenoxy) is 1. The van der Waals surface area contributed by atoms with Crippen molar-refractivity contribution in [3.05, 3.63) is 82.9 Å². The van der Waals surface area contributed by atoms with E-state index in [9.17, 15) is 18.3 Å². The molecule has 2 aromatic rings. The summed E-state index contributed by atoms with van der Waals surface area (Å²) >= 11 is 6.29. The highest BCUT2D eigenvalue weighted by Gasteiger charge is 2.36. The number of sulfonamides is 1. The summed E-state index contributed by atoms with van der Waals surface area (Å²) in [4.78, 5) is 15.2. The minimum absolute atomic E-state index is 0.174. The lowest BCUT2D eigenvalue weighted by atomic mass is 9.70. The largest absolute Gasteiger partial charge is 0.487 e. The highest BCUT2D eigenvalue weighted by molar-refractivity contribution is 7.90. The highest BCUT2D eigenvalue weighted by Crippen LogP contribution is 2.40. The van der Waals surface area contributed by atoms with Gasteiger partial charge in [-0.05, 0) is 91.8 Å². The van der Waals surface area contributed by atoms with Gasteiger partial charge in [0.2, 0.25) is 10.0 Å². The second kappa shape index (κ2) is 14.4. The molecule has 222 valence electrons. The van der Waals surface area contributed by atoms with Crippen LogP contribution in [-0.2, 0) is 23.1 Å². The summed E-state index contributed by atoms with van der Waals surface area (Å²) in [6, 6.07) is 10.9. The lowest BCUT2D eigenvalue weighted by Crippen LogP contribution is -2.43. The summed E-state index contributed by atoms with van der Waals surface area (Å²) in [5.74, 6) is 0.0447. The van der Waals surface area contributed by atoms with Crippen LogP contribution in [0.25, 0.3) is 0 Å². The number of amides is 1. The monoisotopic (exact) mass is 600 g/mol. The second-order valence-corrected chi connectivity index (χ2v) is 13.2. The molecule has 0 radical (unpaired) electrons. The predicted octanol–water partition coefficient (Wildman–Crippen LogP) is 6.05. The number of unbranched alkanes of at least 4 members (excludes halogenated alkanes) is 1. The predicted molar refractivity (Wildman–Crippen MR) is 165 cm³/mol. The van der Waals surface area contributed by atoms with Gasteiger partial charge >= 0.3 is 0 Å². The smallest absolute Gasteiger partial charge is 0.264 e. The summed E-state index contributed by atoms with van der Waals surface area (Å²) in [5, 5.41) is 11.5. The zero-order valence-electron chi connectivity index (χ0n) is 23.7. The first kappa shape index (κ1) is 31.1. The first-order valence-electron chi connectivity index (χ1n) is 14.5. The fourth-order valence-corrected chi connectivity index (χ4v) is 6.56.